The molecule has 6 heteroatoms. The SMILES string of the molecule is CC(C(=O)O)c1ccc(NC(=O)c2ccc3c(c2)CCC(=O)N3C)cc1. The highest BCUT2D eigenvalue weighted by Gasteiger charge is 2.22. The van der Waals surface area contributed by atoms with Crippen molar-refractivity contribution in [1.29, 1.82) is 0 Å². The van der Waals surface area contributed by atoms with E-state index >= 15 is 0 Å². The number of carboxylic acid groups (broad SMARTS) is 1. The van der Waals surface area contributed by atoms with E-state index in [1.54, 1.807) is 55.3 Å². The smallest absolute Gasteiger partial charge is 0.310 e. The van der Waals surface area contributed by atoms with Gasteiger partial charge in [-0.15, -0.1) is 0 Å². The van der Waals surface area contributed by atoms with Gasteiger partial charge < -0.3 is 15.3 Å². The number of aryl methyl sites for hydroxylation is 1. The topological polar surface area (TPSA) is 86.7 Å². The van der Waals surface area contributed by atoms with Crippen molar-refractivity contribution in [3.63, 3.8) is 0 Å². The summed E-state index contributed by atoms with van der Waals surface area (Å²) in [5.41, 5.74) is 3.61. The summed E-state index contributed by atoms with van der Waals surface area (Å²) >= 11 is 0. The Bertz CT molecular complexity index is 874. The van der Waals surface area contributed by atoms with E-state index in [1.807, 2.05) is 6.07 Å². The fourth-order valence-corrected chi connectivity index (χ4v) is 3.00. The van der Waals surface area contributed by atoms with Crippen molar-refractivity contribution in [1.82, 2.24) is 0 Å². The zero-order valence-corrected chi connectivity index (χ0v) is 14.7. The summed E-state index contributed by atoms with van der Waals surface area (Å²) in [6.45, 7) is 1.62. The number of carboxylic acids is 1. The van der Waals surface area contributed by atoms with Crippen LogP contribution in [0.3, 0.4) is 0 Å². The highest BCUT2D eigenvalue weighted by atomic mass is 16.4. The van der Waals surface area contributed by atoms with E-state index in [0.29, 0.717) is 29.7 Å². The minimum absolute atomic E-state index is 0.0744. The molecule has 1 unspecified atom stereocenters. The first-order valence-corrected chi connectivity index (χ1v) is 8.40. The van der Waals surface area contributed by atoms with Gasteiger partial charge in [-0.05, 0) is 54.8 Å². The van der Waals surface area contributed by atoms with Crippen LogP contribution in [-0.4, -0.2) is 29.9 Å². The lowest BCUT2D eigenvalue weighted by Gasteiger charge is -2.26. The number of nitrogens with zero attached hydrogens (tertiary/aromatic N) is 1. The van der Waals surface area contributed by atoms with Gasteiger partial charge in [0.1, 0.15) is 0 Å². The molecular formula is C20H20N2O4. The monoisotopic (exact) mass is 352 g/mol. The standard InChI is InChI=1S/C20H20N2O4/c1-12(20(25)26)13-3-7-16(8-4-13)21-19(24)15-5-9-17-14(11-15)6-10-18(23)22(17)2/h3-5,7-9,11-12H,6,10H2,1-2H3,(H,21,24)(H,25,26). The predicted molar refractivity (Wildman–Crippen MR) is 98.6 cm³/mol. The lowest BCUT2D eigenvalue weighted by molar-refractivity contribution is -0.138. The number of fused-ring (bicyclic) bond motifs is 1. The minimum Gasteiger partial charge on any atom is -0.481 e. The van der Waals surface area contributed by atoms with Crippen molar-refractivity contribution in [2.45, 2.75) is 25.7 Å². The first kappa shape index (κ1) is 17.7. The van der Waals surface area contributed by atoms with Crippen LogP contribution in [0, 0.1) is 0 Å². The van der Waals surface area contributed by atoms with Crippen LogP contribution in [0.4, 0.5) is 11.4 Å². The van der Waals surface area contributed by atoms with Crippen molar-refractivity contribution in [2.24, 2.45) is 0 Å². The Morgan fingerprint density at radius 2 is 1.81 bits per heavy atom. The molecule has 1 heterocycles. The molecule has 2 aromatic carbocycles. The molecule has 3 rings (SSSR count). The van der Waals surface area contributed by atoms with Gasteiger partial charge in [-0.25, -0.2) is 0 Å². The molecule has 0 bridgehead atoms. The van der Waals surface area contributed by atoms with Crippen LogP contribution >= 0.6 is 0 Å². The predicted octanol–water partition coefficient (Wildman–Crippen LogP) is 3.04. The van der Waals surface area contributed by atoms with E-state index < -0.39 is 11.9 Å². The lowest BCUT2D eigenvalue weighted by Crippen LogP contribution is -2.31. The van der Waals surface area contributed by atoms with Crippen molar-refractivity contribution in [2.75, 3.05) is 17.3 Å². The second kappa shape index (κ2) is 7.00. The molecule has 2 amide bonds. The summed E-state index contributed by atoms with van der Waals surface area (Å²) in [6.07, 6.45) is 1.07. The highest BCUT2D eigenvalue weighted by molar-refractivity contribution is 6.05. The Labute approximate surface area is 151 Å². The molecule has 0 saturated carbocycles. The van der Waals surface area contributed by atoms with Gasteiger partial charge in [0.25, 0.3) is 5.91 Å². The van der Waals surface area contributed by atoms with Crippen LogP contribution < -0.4 is 10.2 Å². The maximum atomic E-state index is 12.5. The number of benzene rings is 2. The third-order valence-corrected chi connectivity index (χ3v) is 4.72. The van der Waals surface area contributed by atoms with Crippen molar-refractivity contribution >= 4 is 29.2 Å². The maximum Gasteiger partial charge on any atom is 0.310 e. The number of nitrogens with one attached hydrogen (secondary N) is 1. The molecule has 1 aliphatic heterocycles. The normalized spacial score (nSPS) is 14.5. The third kappa shape index (κ3) is 3.44. The van der Waals surface area contributed by atoms with Gasteiger partial charge in [-0.3, -0.25) is 14.4 Å². The summed E-state index contributed by atoms with van der Waals surface area (Å²) in [4.78, 5) is 36.9. The second-order valence-electron chi connectivity index (χ2n) is 6.43. The summed E-state index contributed by atoms with van der Waals surface area (Å²) in [7, 11) is 1.74. The molecule has 134 valence electrons. The molecule has 0 aliphatic carbocycles. The van der Waals surface area contributed by atoms with E-state index in [2.05, 4.69) is 5.32 Å². The minimum atomic E-state index is -0.890. The van der Waals surface area contributed by atoms with Gasteiger partial charge in [-0.2, -0.15) is 0 Å². The van der Waals surface area contributed by atoms with Gasteiger partial charge in [-0.1, -0.05) is 12.1 Å². The molecule has 2 aromatic rings. The first-order valence-electron chi connectivity index (χ1n) is 8.40. The average Bonchev–Trinajstić information content (AvgIpc) is 2.64. The fraction of sp³-hybridized carbons (Fsp3) is 0.250. The molecule has 1 aliphatic rings. The van der Waals surface area contributed by atoms with E-state index in [0.717, 1.165) is 11.3 Å². The molecule has 0 aromatic heterocycles. The Balaban J connectivity index is 1.74. The van der Waals surface area contributed by atoms with Crippen molar-refractivity contribution < 1.29 is 19.5 Å². The molecule has 26 heavy (non-hydrogen) atoms. The van der Waals surface area contributed by atoms with E-state index in [1.165, 1.54) is 0 Å². The van der Waals surface area contributed by atoms with E-state index in [-0.39, 0.29) is 11.8 Å². The van der Waals surface area contributed by atoms with Crippen LogP contribution in [0.1, 0.15) is 40.7 Å². The molecule has 2 N–H and O–H groups in total. The van der Waals surface area contributed by atoms with Crippen molar-refractivity contribution in [3.8, 4) is 0 Å². The van der Waals surface area contributed by atoms with Gasteiger partial charge in [0.2, 0.25) is 5.91 Å². The summed E-state index contributed by atoms with van der Waals surface area (Å²) in [6, 6.07) is 12.1. The van der Waals surface area contributed by atoms with Gasteiger partial charge in [0.15, 0.2) is 0 Å². The van der Waals surface area contributed by atoms with Gasteiger partial charge >= 0.3 is 5.97 Å². The largest absolute Gasteiger partial charge is 0.481 e. The van der Waals surface area contributed by atoms with Crippen LogP contribution in [0.2, 0.25) is 0 Å². The molecule has 6 nitrogen and oxygen atoms in total. The zero-order chi connectivity index (χ0) is 18.8. The van der Waals surface area contributed by atoms with Crippen molar-refractivity contribution in [3.05, 3.63) is 59.2 Å². The van der Waals surface area contributed by atoms with E-state index in [9.17, 15) is 14.4 Å². The number of anilines is 2. The molecular weight excluding hydrogens is 332 g/mol. The van der Waals surface area contributed by atoms with Crippen LogP contribution in [0.15, 0.2) is 42.5 Å². The highest BCUT2D eigenvalue weighted by Crippen LogP contribution is 2.28. The zero-order valence-electron chi connectivity index (χ0n) is 14.7. The molecule has 0 fully saturated rings. The fourth-order valence-electron chi connectivity index (χ4n) is 3.00. The Kier molecular flexibility index (Phi) is 4.75. The first-order chi connectivity index (χ1) is 12.4. The second-order valence-corrected chi connectivity index (χ2v) is 6.43. The third-order valence-electron chi connectivity index (χ3n) is 4.72. The molecule has 0 saturated heterocycles. The Hall–Kier alpha value is -3.15. The van der Waals surface area contributed by atoms with E-state index in [4.69, 9.17) is 5.11 Å². The van der Waals surface area contributed by atoms with Crippen LogP contribution in [0.5, 0.6) is 0 Å². The molecule has 1 atom stereocenters. The summed E-state index contributed by atoms with van der Waals surface area (Å²) in [5.74, 6) is -1.66. The Morgan fingerprint density at radius 1 is 1.12 bits per heavy atom. The number of aliphatic carboxylic acids is 1. The number of carbonyl (C=O) groups excluding carboxylic acids is 2. The number of hydrogen-bond acceptors (Lipinski definition) is 3. The summed E-state index contributed by atoms with van der Waals surface area (Å²) in [5, 5.41) is 11.8. The Morgan fingerprint density at radius 3 is 2.46 bits per heavy atom. The van der Waals surface area contributed by atoms with Crippen LogP contribution in [-0.2, 0) is 16.0 Å². The lowest BCUT2D eigenvalue weighted by atomic mass is 9.98. The number of carbonyl (C=O) groups is 3. The van der Waals surface area contributed by atoms with Gasteiger partial charge in [0, 0.05) is 30.4 Å². The molecule has 0 spiro atoms. The quantitative estimate of drug-likeness (QED) is 0.885. The number of hydrogen-bond donors (Lipinski definition) is 2. The summed E-state index contributed by atoms with van der Waals surface area (Å²) < 4.78 is 0. The van der Waals surface area contributed by atoms with Gasteiger partial charge in [0.05, 0.1) is 5.92 Å². The average molecular weight is 352 g/mol. The van der Waals surface area contributed by atoms with Crippen LogP contribution in [0.25, 0.3) is 0 Å². The number of rotatable bonds is 4. The maximum absolute atomic E-state index is 12.5. The molecule has 0 radical (unpaired) electrons. The number of amides is 2.